The predicted octanol–water partition coefficient (Wildman–Crippen LogP) is 1.04. The van der Waals surface area contributed by atoms with Gasteiger partial charge in [-0.3, -0.25) is 4.98 Å². The van der Waals surface area contributed by atoms with Gasteiger partial charge in [0.2, 0.25) is 0 Å². The molecule has 0 amide bonds. The molecule has 1 rings (SSSR count). The minimum atomic E-state index is 0. The Morgan fingerprint density at radius 1 is 1.30 bits per heavy atom. The van der Waals surface area contributed by atoms with E-state index in [2.05, 4.69) is 4.98 Å². The lowest BCUT2D eigenvalue weighted by Crippen LogP contribution is -1.89. The normalized spacial score (nSPS) is 8.50. The topological polar surface area (TPSA) is 33.1 Å². The smallest absolute Gasteiger partial charge is 0.0471 e. The maximum absolute atomic E-state index is 8.50. The van der Waals surface area contributed by atoms with E-state index in [-0.39, 0.29) is 19.0 Å². The second-order valence-corrected chi connectivity index (χ2v) is 1.83. The van der Waals surface area contributed by atoms with E-state index in [1.807, 2.05) is 12.1 Å². The maximum Gasteiger partial charge on any atom is 0.0471 e. The minimum absolute atomic E-state index is 0. The monoisotopic (exact) mass is 159 g/mol. The van der Waals surface area contributed by atoms with Gasteiger partial charge in [0, 0.05) is 19.0 Å². The number of nitrogens with zero attached hydrogens (tertiary/aromatic N) is 1. The van der Waals surface area contributed by atoms with Crippen LogP contribution in [0.2, 0.25) is 0 Å². The van der Waals surface area contributed by atoms with Crippen molar-refractivity contribution in [2.75, 3.05) is 6.61 Å². The fourth-order valence-corrected chi connectivity index (χ4v) is 0.679. The Bertz CT molecular complexity index is 167. The second-order valence-electron chi connectivity index (χ2n) is 1.83. The molecule has 0 radical (unpaired) electrons. The summed E-state index contributed by atoms with van der Waals surface area (Å²) in [4.78, 5) is 3.85. The number of aliphatic hydroxyl groups is 1. The van der Waals surface area contributed by atoms with E-state index in [4.69, 9.17) is 5.11 Å². The highest BCUT2D eigenvalue weighted by Gasteiger charge is 1.86. The molecule has 0 aliphatic carbocycles. The van der Waals surface area contributed by atoms with Gasteiger partial charge >= 0.3 is 0 Å². The third kappa shape index (κ3) is 2.80. The quantitative estimate of drug-likeness (QED) is 0.700. The standard InChI is InChI=1S/C7H9NO.ClH/c9-6-3-7-1-4-8-5-2-7;/h1-2,4-5,9H,3,6H2;1H. The van der Waals surface area contributed by atoms with Crippen LogP contribution in [-0.2, 0) is 6.42 Å². The number of rotatable bonds is 2. The van der Waals surface area contributed by atoms with Crippen molar-refractivity contribution in [3.63, 3.8) is 0 Å². The summed E-state index contributed by atoms with van der Waals surface area (Å²) < 4.78 is 0. The number of hydrogen-bond acceptors (Lipinski definition) is 2. The van der Waals surface area contributed by atoms with Crippen molar-refractivity contribution in [2.45, 2.75) is 6.42 Å². The van der Waals surface area contributed by atoms with Crippen molar-refractivity contribution in [1.29, 1.82) is 0 Å². The van der Waals surface area contributed by atoms with Crippen molar-refractivity contribution in [2.24, 2.45) is 0 Å². The molecule has 1 aromatic rings. The van der Waals surface area contributed by atoms with E-state index in [1.54, 1.807) is 12.4 Å². The van der Waals surface area contributed by atoms with Crippen molar-refractivity contribution < 1.29 is 5.11 Å². The van der Waals surface area contributed by atoms with Crippen LogP contribution in [0, 0.1) is 0 Å². The highest BCUT2D eigenvalue weighted by Crippen LogP contribution is 1.94. The summed E-state index contributed by atoms with van der Waals surface area (Å²) in [6.45, 7) is 0.212. The first kappa shape index (κ1) is 9.40. The first-order valence-corrected chi connectivity index (χ1v) is 2.93. The Kier molecular flexibility index (Phi) is 4.89. The van der Waals surface area contributed by atoms with Crippen LogP contribution in [0.15, 0.2) is 24.5 Å². The van der Waals surface area contributed by atoms with Crippen LogP contribution >= 0.6 is 12.4 Å². The van der Waals surface area contributed by atoms with Crippen LogP contribution in [0.1, 0.15) is 5.56 Å². The molecule has 10 heavy (non-hydrogen) atoms. The van der Waals surface area contributed by atoms with Gasteiger partial charge in [-0.1, -0.05) is 0 Å². The van der Waals surface area contributed by atoms with Gasteiger partial charge in [-0.2, -0.15) is 0 Å². The van der Waals surface area contributed by atoms with Crippen molar-refractivity contribution in [3.05, 3.63) is 30.1 Å². The molecule has 1 N–H and O–H groups in total. The Balaban J connectivity index is 0.000000810. The lowest BCUT2D eigenvalue weighted by atomic mass is 10.2. The third-order valence-electron chi connectivity index (χ3n) is 1.15. The van der Waals surface area contributed by atoms with Crippen molar-refractivity contribution in [3.8, 4) is 0 Å². The molecule has 2 nitrogen and oxygen atoms in total. The summed E-state index contributed by atoms with van der Waals surface area (Å²) in [5.41, 5.74) is 1.13. The molecule has 0 aliphatic heterocycles. The fourth-order valence-electron chi connectivity index (χ4n) is 0.679. The number of aromatic nitrogens is 1. The van der Waals surface area contributed by atoms with E-state index in [1.165, 1.54) is 0 Å². The highest BCUT2D eigenvalue weighted by molar-refractivity contribution is 5.85. The number of pyridine rings is 1. The van der Waals surface area contributed by atoms with Gasteiger partial charge in [0.25, 0.3) is 0 Å². The van der Waals surface area contributed by atoms with Crippen LogP contribution in [0.4, 0.5) is 0 Å². The van der Waals surface area contributed by atoms with Gasteiger partial charge < -0.3 is 5.11 Å². The summed E-state index contributed by atoms with van der Waals surface area (Å²) in [5, 5.41) is 8.50. The highest BCUT2D eigenvalue weighted by atomic mass is 35.5. The summed E-state index contributed by atoms with van der Waals surface area (Å²) in [6, 6.07) is 3.80. The van der Waals surface area contributed by atoms with E-state index in [0.29, 0.717) is 0 Å². The molecule has 0 saturated carbocycles. The van der Waals surface area contributed by atoms with Crippen molar-refractivity contribution >= 4 is 12.4 Å². The van der Waals surface area contributed by atoms with E-state index < -0.39 is 0 Å². The molecule has 0 spiro atoms. The molecule has 0 unspecified atom stereocenters. The lowest BCUT2D eigenvalue weighted by molar-refractivity contribution is 0.299. The Labute approximate surface area is 66.3 Å². The van der Waals surface area contributed by atoms with Crippen LogP contribution in [-0.4, -0.2) is 16.7 Å². The minimum Gasteiger partial charge on any atom is -0.396 e. The van der Waals surface area contributed by atoms with Gasteiger partial charge in [-0.15, -0.1) is 12.4 Å². The first-order valence-electron chi connectivity index (χ1n) is 2.93. The van der Waals surface area contributed by atoms with Gasteiger partial charge in [-0.25, -0.2) is 0 Å². The molecule has 0 saturated heterocycles. The van der Waals surface area contributed by atoms with Gasteiger partial charge in [0.15, 0.2) is 0 Å². The van der Waals surface area contributed by atoms with E-state index in [9.17, 15) is 0 Å². The second kappa shape index (κ2) is 5.21. The van der Waals surface area contributed by atoms with Gasteiger partial charge in [0.1, 0.15) is 0 Å². The average molecular weight is 160 g/mol. The Morgan fingerprint density at radius 2 is 1.90 bits per heavy atom. The lowest BCUT2D eigenvalue weighted by Gasteiger charge is -1.92. The molecular formula is C7H10ClNO. The van der Waals surface area contributed by atoms with E-state index >= 15 is 0 Å². The van der Waals surface area contributed by atoms with Crippen molar-refractivity contribution in [1.82, 2.24) is 4.98 Å². The van der Waals surface area contributed by atoms with Gasteiger partial charge in [-0.05, 0) is 24.1 Å². The van der Waals surface area contributed by atoms with Crippen LogP contribution in [0.25, 0.3) is 0 Å². The molecule has 1 aromatic heterocycles. The molecule has 0 aromatic carbocycles. The molecule has 56 valence electrons. The Morgan fingerprint density at radius 3 is 2.40 bits per heavy atom. The third-order valence-corrected chi connectivity index (χ3v) is 1.15. The fraction of sp³-hybridized carbons (Fsp3) is 0.286. The van der Waals surface area contributed by atoms with Crippen LogP contribution in [0.5, 0.6) is 0 Å². The molecule has 0 fully saturated rings. The first-order chi connectivity index (χ1) is 4.43. The number of hydrogen-bond donors (Lipinski definition) is 1. The molecule has 0 atom stereocenters. The number of halogens is 1. The summed E-state index contributed by atoms with van der Waals surface area (Å²) in [6.07, 6.45) is 4.18. The zero-order chi connectivity index (χ0) is 6.53. The maximum atomic E-state index is 8.50. The molecule has 3 heteroatoms. The summed E-state index contributed by atoms with van der Waals surface area (Å²) in [5.74, 6) is 0. The number of aliphatic hydroxyl groups excluding tert-OH is 1. The predicted molar refractivity (Wildman–Crippen MR) is 42.3 cm³/mol. The SMILES string of the molecule is Cl.OCCc1ccncc1. The van der Waals surface area contributed by atoms with Crippen LogP contribution in [0.3, 0.4) is 0 Å². The molecule has 1 heterocycles. The largest absolute Gasteiger partial charge is 0.396 e. The molecule has 0 aliphatic rings. The molecule has 0 bridgehead atoms. The van der Waals surface area contributed by atoms with Crippen LogP contribution < -0.4 is 0 Å². The Hall–Kier alpha value is -0.600. The average Bonchev–Trinajstić information content (AvgIpc) is 1.91. The van der Waals surface area contributed by atoms with Gasteiger partial charge in [0.05, 0.1) is 0 Å². The molecular weight excluding hydrogens is 150 g/mol. The zero-order valence-corrected chi connectivity index (χ0v) is 6.34. The summed E-state index contributed by atoms with van der Waals surface area (Å²) >= 11 is 0. The summed E-state index contributed by atoms with van der Waals surface area (Å²) in [7, 11) is 0. The van der Waals surface area contributed by atoms with E-state index in [0.717, 1.165) is 12.0 Å². The zero-order valence-electron chi connectivity index (χ0n) is 5.53.